The summed E-state index contributed by atoms with van der Waals surface area (Å²) in [5, 5.41) is 3.32. The maximum atomic E-state index is 2.35. The van der Waals surface area contributed by atoms with Crippen molar-refractivity contribution in [2.45, 2.75) is 25.8 Å². The monoisotopic (exact) mass is 278 g/mol. The van der Waals surface area contributed by atoms with Crippen LogP contribution in [0.25, 0.3) is 0 Å². The summed E-state index contributed by atoms with van der Waals surface area (Å²) in [7, 11) is -0.715. The molecule has 2 aromatic carbocycles. The molecule has 18 heavy (non-hydrogen) atoms. The van der Waals surface area contributed by atoms with E-state index in [1.54, 1.807) is 0 Å². The Hall–Kier alpha value is 0.293. The molecule has 0 fully saturated rings. The van der Waals surface area contributed by atoms with E-state index < -0.39 is 8.80 Å². The van der Waals surface area contributed by atoms with Crippen LogP contribution in [0.4, 0.5) is 0 Å². The van der Waals surface area contributed by atoms with Crippen LogP contribution < -0.4 is 61.8 Å². The molecule has 0 heterocycles. The minimum Gasteiger partial charge on any atom is -0.245 e. The van der Waals surface area contributed by atoms with Gasteiger partial charge in [0.15, 0.2) is 0 Å². The SMILES string of the molecule is CC(C)(C)[Si-](c1ccccc1)c1ccccc1.[K+]. The predicted molar refractivity (Wildman–Crippen MR) is 77.6 cm³/mol. The fourth-order valence-corrected chi connectivity index (χ4v) is 5.36. The van der Waals surface area contributed by atoms with E-state index in [0.717, 1.165) is 0 Å². The summed E-state index contributed by atoms with van der Waals surface area (Å²) in [6.45, 7) is 7.05. The molecular weight excluding hydrogens is 259 g/mol. The van der Waals surface area contributed by atoms with Crippen LogP contribution in [0.2, 0.25) is 5.04 Å². The Morgan fingerprint density at radius 1 is 0.667 bits per heavy atom. The number of hydrogen-bond donors (Lipinski definition) is 0. The van der Waals surface area contributed by atoms with Crippen molar-refractivity contribution >= 4 is 19.2 Å². The largest absolute Gasteiger partial charge is 1.00 e. The molecule has 0 atom stereocenters. The standard InChI is InChI=1S/C16H19Si.K/c1-16(2,3)17(14-10-6-4-7-11-14)15-12-8-5-9-13-15;/h4-13H,1-3H3;/q-1;+1. The van der Waals surface area contributed by atoms with Gasteiger partial charge < -0.3 is 0 Å². The van der Waals surface area contributed by atoms with Gasteiger partial charge in [-0.25, -0.2) is 8.80 Å². The summed E-state index contributed by atoms with van der Waals surface area (Å²) in [6, 6.07) is 21.9. The number of rotatable bonds is 2. The summed E-state index contributed by atoms with van der Waals surface area (Å²) >= 11 is 0. The van der Waals surface area contributed by atoms with Crippen molar-refractivity contribution in [3.8, 4) is 0 Å². The Labute approximate surface area is 155 Å². The summed E-state index contributed by atoms with van der Waals surface area (Å²) in [6.07, 6.45) is 0. The molecule has 0 aliphatic rings. The zero-order chi connectivity index (χ0) is 12.3. The molecule has 0 amide bonds. The molecule has 0 aromatic heterocycles. The molecule has 2 aromatic rings. The van der Waals surface area contributed by atoms with Gasteiger partial charge in [-0.1, -0.05) is 81.4 Å². The van der Waals surface area contributed by atoms with E-state index in [2.05, 4.69) is 81.4 Å². The average molecular weight is 279 g/mol. The van der Waals surface area contributed by atoms with Gasteiger partial charge in [0, 0.05) is 0 Å². The first kappa shape index (κ1) is 16.3. The third-order valence-electron chi connectivity index (χ3n) is 2.87. The molecule has 0 bridgehead atoms. The van der Waals surface area contributed by atoms with Crippen LogP contribution in [0.3, 0.4) is 0 Å². The maximum absolute atomic E-state index is 2.35. The molecule has 0 aliphatic heterocycles. The fraction of sp³-hybridized carbons (Fsp3) is 0.250. The Morgan fingerprint density at radius 3 is 1.28 bits per heavy atom. The van der Waals surface area contributed by atoms with Gasteiger partial charge in [0.05, 0.1) is 0 Å². The van der Waals surface area contributed by atoms with E-state index >= 15 is 0 Å². The second kappa shape index (κ2) is 7.18. The molecule has 0 saturated carbocycles. The van der Waals surface area contributed by atoms with Crippen molar-refractivity contribution < 1.29 is 51.4 Å². The smallest absolute Gasteiger partial charge is 0.245 e. The van der Waals surface area contributed by atoms with Crippen LogP contribution in [0.5, 0.6) is 0 Å². The molecular formula is C16H19KSi. The summed E-state index contributed by atoms with van der Waals surface area (Å²) in [4.78, 5) is 0. The van der Waals surface area contributed by atoms with Crippen LogP contribution in [-0.4, -0.2) is 8.80 Å². The molecule has 0 N–H and O–H groups in total. The predicted octanol–water partition coefficient (Wildman–Crippen LogP) is 0.0997. The van der Waals surface area contributed by atoms with Crippen LogP contribution in [0.15, 0.2) is 60.7 Å². The van der Waals surface area contributed by atoms with E-state index in [1.807, 2.05) is 0 Å². The van der Waals surface area contributed by atoms with Crippen LogP contribution in [0.1, 0.15) is 20.8 Å². The number of benzene rings is 2. The molecule has 88 valence electrons. The molecule has 0 aliphatic carbocycles. The quantitative estimate of drug-likeness (QED) is 0.684. The Kier molecular flexibility index (Phi) is 6.52. The van der Waals surface area contributed by atoms with Gasteiger partial charge in [0.2, 0.25) is 0 Å². The van der Waals surface area contributed by atoms with Gasteiger partial charge in [-0.05, 0) is 0 Å². The zero-order valence-electron chi connectivity index (χ0n) is 11.8. The first-order valence-electron chi connectivity index (χ1n) is 6.07. The molecule has 0 nitrogen and oxygen atoms in total. The topological polar surface area (TPSA) is 0 Å². The van der Waals surface area contributed by atoms with Gasteiger partial charge >= 0.3 is 51.4 Å². The fourth-order valence-electron chi connectivity index (χ4n) is 2.24. The summed E-state index contributed by atoms with van der Waals surface area (Å²) in [5.74, 6) is 0. The van der Waals surface area contributed by atoms with Gasteiger partial charge in [0.1, 0.15) is 0 Å². The first-order valence-corrected chi connectivity index (χ1v) is 7.57. The van der Waals surface area contributed by atoms with Crippen molar-refractivity contribution in [1.29, 1.82) is 0 Å². The van der Waals surface area contributed by atoms with Gasteiger partial charge in [-0.3, -0.25) is 0 Å². The van der Waals surface area contributed by atoms with E-state index in [4.69, 9.17) is 0 Å². The molecule has 0 unspecified atom stereocenters. The van der Waals surface area contributed by atoms with Crippen LogP contribution >= 0.6 is 0 Å². The Balaban J connectivity index is 0.00000162. The van der Waals surface area contributed by atoms with Crippen LogP contribution in [0, 0.1) is 0 Å². The Morgan fingerprint density at radius 2 is 1.00 bits per heavy atom. The van der Waals surface area contributed by atoms with Crippen molar-refractivity contribution in [1.82, 2.24) is 0 Å². The minimum absolute atomic E-state index is 0. The maximum Gasteiger partial charge on any atom is 1.00 e. The molecule has 2 rings (SSSR count). The Bertz CT molecular complexity index is 420. The summed E-state index contributed by atoms with van der Waals surface area (Å²) in [5.41, 5.74) is 0. The van der Waals surface area contributed by atoms with E-state index in [-0.39, 0.29) is 51.4 Å². The van der Waals surface area contributed by atoms with Crippen molar-refractivity contribution in [3.05, 3.63) is 60.7 Å². The normalized spacial score (nSPS) is 10.6. The second-order valence-corrected chi connectivity index (χ2v) is 8.76. The van der Waals surface area contributed by atoms with Crippen molar-refractivity contribution in [3.63, 3.8) is 0 Å². The molecule has 2 heteroatoms. The number of hydrogen-bond acceptors (Lipinski definition) is 0. The van der Waals surface area contributed by atoms with Gasteiger partial charge in [-0.15, -0.1) is 5.04 Å². The second-order valence-electron chi connectivity index (χ2n) is 5.36. The molecule has 0 spiro atoms. The third kappa shape index (κ3) is 4.15. The minimum atomic E-state index is -0.715. The average Bonchev–Trinajstić information content (AvgIpc) is 2.30. The third-order valence-corrected chi connectivity index (χ3v) is 6.20. The summed E-state index contributed by atoms with van der Waals surface area (Å²) < 4.78 is 0. The first-order chi connectivity index (χ1) is 8.09. The van der Waals surface area contributed by atoms with E-state index in [1.165, 1.54) is 10.4 Å². The van der Waals surface area contributed by atoms with Gasteiger partial charge in [0.25, 0.3) is 0 Å². The zero-order valence-corrected chi connectivity index (χ0v) is 15.9. The van der Waals surface area contributed by atoms with E-state index in [0.29, 0.717) is 5.04 Å². The molecule has 0 radical (unpaired) electrons. The van der Waals surface area contributed by atoms with Gasteiger partial charge in [-0.2, -0.15) is 10.4 Å². The van der Waals surface area contributed by atoms with Crippen molar-refractivity contribution in [2.75, 3.05) is 0 Å². The van der Waals surface area contributed by atoms with Crippen molar-refractivity contribution in [2.24, 2.45) is 0 Å². The van der Waals surface area contributed by atoms with E-state index in [9.17, 15) is 0 Å². The molecule has 0 saturated heterocycles. The van der Waals surface area contributed by atoms with Crippen LogP contribution in [-0.2, 0) is 0 Å².